The summed E-state index contributed by atoms with van der Waals surface area (Å²) >= 11 is 0. The Morgan fingerprint density at radius 2 is 1.97 bits per heavy atom. The van der Waals surface area contributed by atoms with Crippen LogP contribution in [0.25, 0.3) is 5.70 Å². The van der Waals surface area contributed by atoms with Gasteiger partial charge in [0.25, 0.3) is 5.91 Å². The molecule has 6 nitrogen and oxygen atoms in total. The van der Waals surface area contributed by atoms with Crippen molar-refractivity contribution < 1.29 is 9.18 Å². The predicted molar refractivity (Wildman–Crippen MR) is 134 cm³/mol. The molecule has 0 radical (unpaired) electrons. The third-order valence-corrected chi connectivity index (χ3v) is 6.45. The molecule has 0 bridgehead atoms. The average Bonchev–Trinajstić information content (AvgIpc) is 2.78. The molecule has 0 spiro atoms. The summed E-state index contributed by atoms with van der Waals surface area (Å²) in [6.07, 6.45) is 12.5. The molecule has 1 amide bonds. The Bertz CT molecular complexity index is 1050. The number of pyridine rings is 1. The van der Waals surface area contributed by atoms with Gasteiger partial charge in [-0.3, -0.25) is 14.8 Å². The van der Waals surface area contributed by atoms with Crippen LogP contribution in [0.1, 0.15) is 61.1 Å². The maximum Gasteiger partial charge on any atom is 0.256 e. The van der Waals surface area contributed by atoms with E-state index in [1.54, 1.807) is 49.1 Å². The molecule has 3 rings (SSSR count). The predicted octanol–water partition coefficient (Wildman–Crippen LogP) is 4.79. The molecule has 3 heterocycles. The molecule has 1 saturated heterocycles. The van der Waals surface area contributed by atoms with Crippen molar-refractivity contribution in [3.8, 4) is 0 Å². The highest BCUT2D eigenvalue weighted by atomic mass is 31.0. The minimum atomic E-state index is -1.56. The van der Waals surface area contributed by atoms with Crippen LogP contribution in [0.15, 0.2) is 54.4 Å². The third kappa shape index (κ3) is 6.17. The van der Waals surface area contributed by atoms with Gasteiger partial charge in [-0.25, -0.2) is 14.4 Å². The molecule has 1 fully saturated rings. The highest BCUT2D eigenvalue weighted by molar-refractivity contribution is 7.19. The quantitative estimate of drug-likeness (QED) is 0.334. The zero-order valence-corrected chi connectivity index (χ0v) is 20.6. The molecule has 0 saturated carbocycles. The Morgan fingerprint density at radius 3 is 2.55 bits per heavy atom. The third-order valence-electron chi connectivity index (χ3n) is 5.66. The number of aromatic nitrogens is 3. The zero-order chi connectivity index (χ0) is 24.1. The van der Waals surface area contributed by atoms with Gasteiger partial charge in [0.1, 0.15) is 5.69 Å². The maximum atomic E-state index is 14.0. The highest BCUT2D eigenvalue weighted by Gasteiger charge is 2.34. The summed E-state index contributed by atoms with van der Waals surface area (Å²) in [4.78, 5) is 32.4. The summed E-state index contributed by atoms with van der Waals surface area (Å²) in [6.45, 7) is 9.71. The molecule has 0 aliphatic carbocycles. The molecular weight excluding hydrogens is 436 g/mol. The number of hydrogen-bond acceptors (Lipinski definition) is 5. The van der Waals surface area contributed by atoms with Gasteiger partial charge in [-0.1, -0.05) is 12.7 Å². The lowest BCUT2D eigenvalue weighted by molar-refractivity contribution is 0.0703. The number of nitrogens with zero attached hydrogens (tertiary/aromatic N) is 5. The van der Waals surface area contributed by atoms with Crippen molar-refractivity contribution in [3.63, 3.8) is 0 Å². The van der Waals surface area contributed by atoms with Crippen molar-refractivity contribution in [3.05, 3.63) is 72.1 Å². The van der Waals surface area contributed by atoms with E-state index >= 15 is 0 Å². The van der Waals surface area contributed by atoms with E-state index in [0.29, 0.717) is 30.0 Å². The number of hydrogen-bond donors (Lipinski definition) is 0. The minimum Gasteiger partial charge on any atom is -0.339 e. The first-order valence-corrected chi connectivity index (χ1v) is 11.6. The number of allylic oxidation sites excluding steroid dienone is 2. The van der Waals surface area contributed by atoms with E-state index in [-0.39, 0.29) is 16.9 Å². The fourth-order valence-electron chi connectivity index (χ4n) is 3.88. The number of likely N-dealkylation sites (tertiary alicyclic amines) is 1. The van der Waals surface area contributed by atoms with Crippen molar-refractivity contribution in [1.29, 1.82) is 0 Å². The lowest BCUT2D eigenvalue weighted by Gasteiger charge is -2.39. The summed E-state index contributed by atoms with van der Waals surface area (Å²) in [6, 6.07) is 3.56. The van der Waals surface area contributed by atoms with Crippen LogP contribution in [0.5, 0.6) is 0 Å². The molecular formula is C25H31FN5OP. The molecule has 174 valence electrons. The number of carbonyl (C=O) groups is 1. The van der Waals surface area contributed by atoms with Gasteiger partial charge in [0, 0.05) is 37.9 Å². The molecule has 8 heteroatoms. The molecule has 1 aliphatic rings. The van der Waals surface area contributed by atoms with Gasteiger partial charge in [0.05, 0.1) is 11.3 Å². The first-order valence-electron chi connectivity index (χ1n) is 11.0. The van der Waals surface area contributed by atoms with Crippen LogP contribution in [-0.4, -0.2) is 50.2 Å². The Kier molecular flexibility index (Phi) is 7.85. The number of amides is 1. The van der Waals surface area contributed by atoms with Crippen LogP contribution in [0.3, 0.4) is 0 Å². The molecule has 2 aromatic heterocycles. The topological polar surface area (TPSA) is 71.3 Å². The van der Waals surface area contributed by atoms with Crippen molar-refractivity contribution in [2.24, 2.45) is 4.99 Å². The molecule has 1 aliphatic heterocycles. The normalized spacial score (nSPS) is 16.8. The highest BCUT2D eigenvalue weighted by Crippen LogP contribution is 2.36. The van der Waals surface area contributed by atoms with Crippen molar-refractivity contribution in [1.82, 2.24) is 19.9 Å². The molecule has 0 aromatic carbocycles. The minimum absolute atomic E-state index is 0.0516. The van der Waals surface area contributed by atoms with Crippen LogP contribution in [0.4, 0.5) is 4.39 Å². The van der Waals surface area contributed by atoms with Crippen LogP contribution in [0, 0.1) is 0 Å². The van der Waals surface area contributed by atoms with Crippen LogP contribution in [0.2, 0.25) is 0 Å². The summed E-state index contributed by atoms with van der Waals surface area (Å²) in [5.74, 6) is 0.137. The second kappa shape index (κ2) is 10.4. The number of carbonyl (C=O) groups excluding carboxylic acids is 1. The Hall–Kier alpha value is -2.79. The fraction of sp³-hybridized carbons (Fsp3) is 0.400. The maximum absolute atomic E-state index is 14.0. The molecule has 1 unspecified atom stereocenters. The first kappa shape index (κ1) is 24.8. The molecule has 2 aromatic rings. The monoisotopic (exact) mass is 467 g/mol. The number of halogens is 1. The Balaban J connectivity index is 1.70. The lowest BCUT2D eigenvalue weighted by Crippen LogP contribution is -2.45. The molecule has 33 heavy (non-hydrogen) atoms. The van der Waals surface area contributed by atoms with Gasteiger partial charge < -0.3 is 4.90 Å². The summed E-state index contributed by atoms with van der Waals surface area (Å²) in [7, 11) is 2.96. The van der Waals surface area contributed by atoms with Gasteiger partial charge >= 0.3 is 0 Å². The smallest absolute Gasteiger partial charge is 0.256 e. The molecule has 1 atom stereocenters. The van der Waals surface area contributed by atoms with Crippen LogP contribution < -0.4 is 0 Å². The van der Waals surface area contributed by atoms with E-state index in [9.17, 15) is 9.18 Å². The van der Waals surface area contributed by atoms with Gasteiger partial charge in [-0.2, -0.15) is 0 Å². The number of aliphatic imine (C=N–C) groups is 1. The van der Waals surface area contributed by atoms with Gasteiger partial charge in [-0.05, 0) is 69.0 Å². The van der Waals surface area contributed by atoms with Crippen LogP contribution in [-0.2, 0) is 12.1 Å². The van der Waals surface area contributed by atoms with Crippen molar-refractivity contribution in [2.75, 3.05) is 13.1 Å². The standard InChI is InChI=1S/C25H31FN5OP/c1-5-8-20(27-6-2)21-19(9-7-12-28-21)22(32)31-13-10-25(33,11-14-31)15-18-16-29-23(30-17-18)24(3,4)26/h5-9,12,16-17H,1,10-11,13-15,33H2,2-4H3/b20-8-,27-6-. The Morgan fingerprint density at radius 1 is 1.30 bits per heavy atom. The second-order valence-corrected chi connectivity index (χ2v) is 10.0. The van der Waals surface area contributed by atoms with Crippen molar-refractivity contribution in [2.45, 2.75) is 50.9 Å². The Labute approximate surface area is 197 Å². The SMILES string of the molecule is C=C/C=C(\N=C/C)c1ncccc1C(=O)N1CCC(P)(Cc2cnc(C(C)(C)F)nc2)CC1. The number of alkyl halides is 1. The van der Waals surface area contributed by atoms with E-state index in [1.165, 1.54) is 13.8 Å². The number of piperidine rings is 1. The molecule has 0 N–H and O–H groups in total. The zero-order valence-electron chi connectivity index (χ0n) is 19.5. The van der Waals surface area contributed by atoms with Gasteiger partial charge in [0.15, 0.2) is 11.5 Å². The van der Waals surface area contributed by atoms with E-state index in [0.717, 1.165) is 24.8 Å². The second-order valence-electron chi connectivity index (χ2n) is 8.79. The van der Waals surface area contributed by atoms with E-state index < -0.39 is 5.67 Å². The fourth-order valence-corrected chi connectivity index (χ4v) is 4.37. The van der Waals surface area contributed by atoms with Crippen molar-refractivity contribution >= 4 is 27.1 Å². The first-order chi connectivity index (χ1) is 15.7. The average molecular weight is 468 g/mol. The van der Waals surface area contributed by atoms with Gasteiger partial charge in [0.2, 0.25) is 0 Å². The summed E-state index contributed by atoms with van der Waals surface area (Å²) in [5, 5.41) is -0.0644. The number of rotatable bonds is 7. The van der Waals surface area contributed by atoms with Gasteiger partial charge in [-0.15, -0.1) is 9.24 Å². The van der Waals surface area contributed by atoms with Crippen LogP contribution >= 0.6 is 9.24 Å². The largest absolute Gasteiger partial charge is 0.339 e. The lowest BCUT2D eigenvalue weighted by atomic mass is 9.89. The van der Waals surface area contributed by atoms with E-state index in [4.69, 9.17) is 0 Å². The van der Waals surface area contributed by atoms with E-state index in [1.807, 2.05) is 11.8 Å². The van der Waals surface area contributed by atoms with E-state index in [2.05, 4.69) is 35.8 Å². The summed E-state index contributed by atoms with van der Waals surface area (Å²) < 4.78 is 14.0. The summed E-state index contributed by atoms with van der Waals surface area (Å²) in [5.41, 5.74) is 1.09.